The molecule has 1 aromatic heterocycles. The lowest BCUT2D eigenvalue weighted by Gasteiger charge is -2.28. The molecule has 46 heavy (non-hydrogen) atoms. The van der Waals surface area contributed by atoms with Gasteiger partial charge in [0.2, 0.25) is 0 Å². The van der Waals surface area contributed by atoms with Crippen LogP contribution in [-0.4, -0.2) is 10.6 Å². The third-order valence-electron chi connectivity index (χ3n) is 9.00. The van der Waals surface area contributed by atoms with Gasteiger partial charge in [-0.25, -0.2) is 0 Å². The molecule has 0 spiro atoms. The highest BCUT2D eigenvalue weighted by atomic mass is 15.2. The summed E-state index contributed by atoms with van der Waals surface area (Å²) in [5.74, 6) is -0.0113. The van der Waals surface area contributed by atoms with Crippen molar-refractivity contribution in [3.05, 3.63) is 175 Å². The molecule has 0 radical (unpaired) electrons. The Labute approximate surface area is 278 Å². The minimum Gasteiger partial charge on any atom is -0.333 e. The molecule has 1 aliphatic heterocycles. The Morgan fingerprint density at radius 3 is 2.15 bits per heavy atom. The predicted octanol–water partition coefficient (Wildman–Crippen LogP) is 10.7. The van der Waals surface area contributed by atoms with Gasteiger partial charge >= 0.3 is 0 Å². The molecule has 3 nitrogen and oxygen atoms in total. The molecule has 0 saturated heterocycles. The number of nitriles is 1. The van der Waals surface area contributed by atoms with E-state index >= 15 is 0 Å². The lowest BCUT2D eigenvalue weighted by molar-refractivity contribution is 0.745. The van der Waals surface area contributed by atoms with Crippen LogP contribution in [0.5, 0.6) is 0 Å². The quantitative estimate of drug-likeness (QED) is 0.203. The summed E-state index contributed by atoms with van der Waals surface area (Å²) >= 11 is 0. The van der Waals surface area contributed by atoms with Gasteiger partial charge in [-0.05, 0) is 94.5 Å². The molecule has 2 aliphatic rings. The molecule has 6 aromatic carbocycles. The van der Waals surface area contributed by atoms with Crippen LogP contribution >= 0.6 is 0 Å². The van der Waals surface area contributed by atoms with Crippen LogP contribution in [0.3, 0.4) is 0 Å². The number of aromatic nitrogens is 1. The first kappa shape index (κ1) is 20.0. The zero-order chi connectivity index (χ0) is 36.7. The molecule has 3 heteroatoms. The first-order valence-corrected chi connectivity index (χ1v) is 15.2. The molecule has 0 fully saturated rings. The Bertz CT molecular complexity index is 2760. The van der Waals surface area contributed by atoms with Gasteiger partial charge in [-0.1, -0.05) is 97.0 Å². The first-order valence-electron chi connectivity index (χ1n) is 18.7. The smallest absolute Gasteiger partial charge is 0.0991 e. The maximum absolute atomic E-state index is 9.61. The van der Waals surface area contributed by atoms with Crippen LogP contribution < -0.4 is 4.90 Å². The summed E-state index contributed by atoms with van der Waals surface area (Å²) in [6, 6.07) is 31.2. The molecule has 0 amide bonds. The van der Waals surface area contributed by atoms with Gasteiger partial charge < -0.3 is 9.47 Å². The molecule has 2 heterocycles. The van der Waals surface area contributed by atoms with Crippen molar-refractivity contribution in [2.24, 2.45) is 0 Å². The van der Waals surface area contributed by atoms with E-state index in [0.717, 1.165) is 28.1 Å². The highest BCUT2D eigenvalue weighted by molar-refractivity contribution is 6.10. The predicted molar refractivity (Wildman–Crippen MR) is 190 cm³/mol. The Balaban J connectivity index is 1.22. The summed E-state index contributed by atoms with van der Waals surface area (Å²) in [4.78, 5) is 2.29. The van der Waals surface area contributed by atoms with Gasteiger partial charge in [0.15, 0.2) is 0 Å². The molecule has 7 aromatic rings. The number of rotatable bonds is 4. The van der Waals surface area contributed by atoms with Crippen LogP contribution in [0.4, 0.5) is 11.4 Å². The van der Waals surface area contributed by atoms with Crippen LogP contribution in [0.15, 0.2) is 164 Å². The van der Waals surface area contributed by atoms with E-state index in [4.69, 9.17) is 5.48 Å². The van der Waals surface area contributed by atoms with Crippen molar-refractivity contribution in [3.63, 3.8) is 0 Å². The molecule has 2 unspecified atom stereocenters. The fourth-order valence-electron chi connectivity index (χ4n) is 6.84. The number of fused-ring (bicyclic) bond motifs is 6. The van der Waals surface area contributed by atoms with Gasteiger partial charge in [0.25, 0.3) is 0 Å². The van der Waals surface area contributed by atoms with Crippen molar-refractivity contribution in [3.8, 4) is 34.0 Å². The number of anilines is 2. The number of hydrogen-bond donors (Lipinski definition) is 0. The lowest BCUT2D eigenvalue weighted by Crippen LogP contribution is -2.28. The Morgan fingerprint density at radius 2 is 1.35 bits per heavy atom. The fraction of sp³-hybridized carbons (Fsp3) is 0.0465. The Kier molecular flexibility index (Phi) is 4.57. The van der Waals surface area contributed by atoms with Gasteiger partial charge in [0.1, 0.15) is 0 Å². The SMILES string of the molecule is [2H]c1c([2H])c([2H])c2c(c1[2H])c1c([2H])c(-c3ccc4c(c3)C3C=CC=CC3N4c3ccc(-c4ccc(C#N)cc4)cc3)c([2H])c([2H])c1n2-c1ccccc1. The highest BCUT2D eigenvalue weighted by Gasteiger charge is 2.37. The van der Waals surface area contributed by atoms with Gasteiger partial charge in [-0.3, -0.25) is 0 Å². The number of nitrogens with zero attached hydrogens (tertiary/aromatic N) is 3. The standard InChI is InChI=1S/C43H29N3/c44-28-29-14-16-30(17-15-29)31-18-22-35(23-19-31)46-41-13-7-5-11-37(41)39-27-33(21-25-43(39)46)32-20-24-42-38(26-32)36-10-4-6-12-40(36)45(42)34-8-2-1-3-9-34/h1-27,37,41H/i4D,6D,10D,12D,20D,24D,26D. The Morgan fingerprint density at radius 1 is 0.630 bits per heavy atom. The number of benzene rings is 6. The van der Waals surface area contributed by atoms with Crippen molar-refractivity contribution in [2.75, 3.05) is 4.90 Å². The lowest BCUT2D eigenvalue weighted by atomic mass is 9.89. The first-order chi connectivity index (χ1) is 25.7. The van der Waals surface area contributed by atoms with Crippen LogP contribution in [0.25, 0.3) is 49.7 Å². The molecular weight excluding hydrogens is 558 g/mol. The second-order valence-corrected chi connectivity index (χ2v) is 11.5. The average Bonchev–Trinajstić information content (AvgIpc) is 3.73. The van der Waals surface area contributed by atoms with Crippen molar-refractivity contribution in [1.29, 1.82) is 5.26 Å². The minimum atomic E-state index is -0.414. The molecule has 2 atom stereocenters. The number of para-hydroxylation sites is 2. The molecular formula is C43H29N3. The largest absolute Gasteiger partial charge is 0.333 e. The van der Waals surface area contributed by atoms with Crippen molar-refractivity contribution in [1.82, 2.24) is 4.57 Å². The zero-order valence-corrected chi connectivity index (χ0v) is 24.5. The van der Waals surface area contributed by atoms with Crippen molar-refractivity contribution < 1.29 is 9.60 Å². The molecule has 0 bridgehead atoms. The minimum absolute atomic E-state index is 0.00842. The van der Waals surface area contributed by atoms with Crippen molar-refractivity contribution in [2.45, 2.75) is 12.0 Å². The zero-order valence-electron chi connectivity index (χ0n) is 31.5. The van der Waals surface area contributed by atoms with Crippen LogP contribution in [0.1, 0.15) is 26.6 Å². The average molecular weight is 595 g/mol. The van der Waals surface area contributed by atoms with E-state index in [0.29, 0.717) is 16.8 Å². The Hall–Kier alpha value is -6.11. The fourth-order valence-corrected chi connectivity index (χ4v) is 6.84. The summed E-state index contributed by atoms with van der Waals surface area (Å²) in [7, 11) is 0. The van der Waals surface area contributed by atoms with E-state index < -0.39 is 12.1 Å². The topological polar surface area (TPSA) is 32.0 Å². The molecule has 9 rings (SSSR count). The van der Waals surface area contributed by atoms with Gasteiger partial charge in [-0.2, -0.15) is 5.26 Å². The molecule has 1 aliphatic carbocycles. The highest BCUT2D eigenvalue weighted by Crippen LogP contribution is 2.49. The normalized spacial score (nSPS) is 18.6. The molecule has 216 valence electrons. The van der Waals surface area contributed by atoms with Crippen molar-refractivity contribution >= 4 is 33.2 Å². The number of allylic oxidation sites excluding steroid dienone is 2. The van der Waals surface area contributed by atoms with Crippen LogP contribution in [0.2, 0.25) is 0 Å². The van der Waals surface area contributed by atoms with E-state index in [2.05, 4.69) is 47.4 Å². The summed E-state index contributed by atoms with van der Waals surface area (Å²) < 4.78 is 64.6. The molecule has 0 N–H and O–H groups in total. The van der Waals surface area contributed by atoms with Gasteiger partial charge in [0, 0.05) is 33.8 Å². The van der Waals surface area contributed by atoms with Crippen LogP contribution in [-0.2, 0) is 0 Å². The van der Waals surface area contributed by atoms with E-state index in [-0.39, 0.29) is 69.5 Å². The monoisotopic (exact) mass is 594 g/mol. The maximum atomic E-state index is 9.61. The summed E-state index contributed by atoms with van der Waals surface area (Å²) in [5.41, 5.74) is 7.46. The van der Waals surface area contributed by atoms with E-state index in [1.165, 1.54) is 0 Å². The third kappa shape index (κ3) is 4.12. The second kappa shape index (κ2) is 10.5. The maximum Gasteiger partial charge on any atom is 0.0991 e. The second-order valence-electron chi connectivity index (χ2n) is 11.5. The van der Waals surface area contributed by atoms with Crippen LogP contribution in [0, 0.1) is 11.3 Å². The number of hydrogen-bond acceptors (Lipinski definition) is 2. The van der Waals surface area contributed by atoms with Gasteiger partial charge in [0.05, 0.1) is 38.3 Å². The third-order valence-corrected chi connectivity index (χ3v) is 9.00. The van der Waals surface area contributed by atoms with E-state index in [1.54, 1.807) is 28.8 Å². The van der Waals surface area contributed by atoms with E-state index in [1.807, 2.05) is 60.7 Å². The van der Waals surface area contributed by atoms with E-state index in [9.17, 15) is 9.37 Å². The summed E-state index contributed by atoms with van der Waals surface area (Å²) in [6.07, 6.45) is 8.40. The summed E-state index contributed by atoms with van der Waals surface area (Å²) in [6.45, 7) is 0. The van der Waals surface area contributed by atoms with Gasteiger partial charge in [-0.15, -0.1) is 0 Å². The molecule has 0 saturated carbocycles. The summed E-state index contributed by atoms with van der Waals surface area (Å²) in [5, 5.41) is 9.57.